The quantitative estimate of drug-likeness (QED) is 0.475. The number of carbonyl (C=O) groups excluding carboxylic acids is 1. The molecule has 3 aromatic carbocycles. The zero-order valence-corrected chi connectivity index (χ0v) is 18.9. The number of halogens is 1. The number of ketones is 1. The van der Waals surface area contributed by atoms with Crippen molar-refractivity contribution in [1.82, 2.24) is 0 Å². The number of carbonyl (C=O) groups is 1. The van der Waals surface area contributed by atoms with Gasteiger partial charge in [0.15, 0.2) is 17.3 Å². The predicted octanol–water partition coefficient (Wildman–Crippen LogP) is 5.53. The van der Waals surface area contributed by atoms with Crippen molar-refractivity contribution in [3.05, 3.63) is 88.9 Å². The van der Waals surface area contributed by atoms with Gasteiger partial charge in [-0.05, 0) is 59.9 Å². The lowest BCUT2D eigenvalue weighted by molar-refractivity contribution is -0.116. The molecule has 5 rings (SSSR count). The van der Waals surface area contributed by atoms with Crippen molar-refractivity contribution in [3.63, 3.8) is 0 Å². The normalized spacial score (nSPS) is 19.3. The lowest BCUT2D eigenvalue weighted by Gasteiger charge is -2.30. The van der Waals surface area contributed by atoms with E-state index in [1.165, 1.54) is 26.4 Å². The SMILES string of the molecule is COc1cc([C@H]2Nc3ccccc3NC3=C2C(=O)C[C@H](c2ccc(F)cc2)C3)cc(OC)c1O. The van der Waals surface area contributed by atoms with Gasteiger partial charge in [-0.1, -0.05) is 24.3 Å². The highest BCUT2D eigenvalue weighted by Crippen LogP contribution is 2.47. The maximum atomic E-state index is 13.6. The minimum Gasteiger partial charge on any atom is -0.502 e. The topological polar surface area (TPSA) is 79.8 Å². The molecule has 0 amide bonds. The van der Waals surface area contributed by atoms with Gasteiger partial charge in [0.2, 0.25) is 5.75 Å². The molecule has 0 fully saturated rings. The first kappa shape index (κ1) is 21.8. The summed E-state index contributed by atoms with van der Waals surface area (Å²) in [6.07, 6.45) is 0.915. The average molecular weight is 461 g/mol. The molecule has 2 aliphatic rings. The third kappa shape index (κ3) is 3.83. The number of para-hydroxylation sites is 2. The number of fused-ring (bicyclic) bond motifs is 1. The molecule has 0 spiro atoms. The Hall–Kier alpha value is -4.00. The van der Waals surface area contributed by atoms with E-state index in [1.807, 2.05) is 24.3 Å². The molecule has 7 heteroatoms. The fourth-order valence-corrected chi connectivity index (χ4v) is 4.79. The lowest BCUT2D eigenvalue weighted by atomic mass is 9.78. The monoisotopic (exact) mass is 460 g/mol. The molecular weight excluding hydrogens is 435 g/mol. The summed E-state index contributed by atoms with van der Waals surface area (Å²) in [5.41, 5.74) is 4.81. The molecule has 0 aromatic heterocycles. The number of methoxy groups -OCH3 is 2. The van der Waals surface area contributed by atoms with Crippen molar-refractivity contribution in [2.45, 2.75) is 24.8 Å². The van der Waals surface area contributed by atoms with Crippen LogP contribution in [0.25, 0.3) is 0 Å². The second-order valence-electron chi connectivity index (χ2n) is 8.49. The molecule has 0 saturated heterocycles. The fraction of sp³-hybridized carbons (Fsp3) is 0.222. The summed E-state index contributed by atoms with van der Waals surface area (Å²) in [5.74, 6) is 0.0641. The summed E-state index contributed by atoms with van der Waals surface area (Å²) in [7, 11) is 2.94. The molecule has 2 atom stereocenters. The van der Waals surface area contributed by atoms with Gasteiger partial charge in [0, 0.05) is 17.7 Å². The smallest absolute Gasteiger partial charge is 0.200 e. The fourth-order valence-electron chi connectivity index (χ4n) is 4.79. The Balaban J connectivity index is 1.64. The molecule has 0 radical (unpaired) electrons. The number of rotatable bonds is 4. The largest absolute Gasteiger partial charge is 0.502 e. The highest BCUT2D eigenvalue weighted by atomic mass is 19.1. The van der Waals surface area contributed by atoms with Crippen LogP contribution in [-0.2, 0) is 4.79 Å². The Kier molecular flexibility index (Phi) is 5.61. The van der Waals surface area contributed by atoms with Gasteiger partial charge in [-0.2, -0.15) is 0 Å². The van der Waals surface area contributed by atoms with E-state index in [0.29, 0.717) is 18.4 Å². The maximum Gasteiger partial charge on any atom is 0.200 e. The molecule has 34 heavy (non-hydrogen) atoms. The van der Waals surface area contributed by atoms with Gasteiger partial charge in [-0.15, -0.1) is 0 Å². The van der Waals surface area contributed by atoms with E-state index in [-0.39, 0.29) is 34.8 Å². The average Bonchev–Trinajstić information content (AvgIpc) is 3.01. The molecule has 0 bridgehead atoms. The number of ether oxygens (including phenoxy) is 2. The van der Waals surface area contributed by atoms with Crippen LogP contribution in [-0.4, -0.2) is 25.1 Å². The van der Waals surface area contributed by atoms with E-state index in [1.54, 1.807) is 24.3 Å². The summed E-state index contributed by atoms with van der Waals surface area (Å²) in [6, 6.07) is 17.1. The number of phenolic OH excluding ortho intramolecular Hbond substituents is 1. The number of benzene rings is 3. The van der Waals surface area contributed by atoms with Gasteiger partial charge in [-0.3, -0.25) is 4.79 Å². The van der Waals surface area contributed by atoms with Crippen molar-refractivity contribution < 1.29 is 23.8 Å². The van der Waals surface area contributed by atoms with Crippen LogP contribution in [0.2, 0.25) is 0 Å². The predicted molar refractivity (Wildman–Crippen MR) is 128 cm³/mol. The summed E-state index contributed by atoms with van der Waals surface area (Å²) >= 11 is 0. The second-order valence-corrected chi connectivity index (χ2v) is 8.49. The number of aromatic hydroxyl groups is 1. The van der Waals surface area contributed by atoms with Gasteiger partial charge in [-0.25, -0.2) is 4.39 Å². The van der Waals surface area contributed by atoms with Gasteiger partial charge in [0.05, 0.1) is 31.6 Å². The Morgan fingerprint density at radius 1 is 0.912 bits per heavy atom. The molecule has 1 aliphatic heterocycles. The Morgan fingerprint density at radius 2 is 1.56 bits per heavy atom. The summed E-state index contributed by atoms with van der Waals surface area (Å²) in [5, 5.41) is 17.4. The highest BCUT2D eigenvalue weighted by Gasteiger charge is 2.36. The van der Waals surface area contributed by atoms with Crippen LogP contribution in [0.15, 0.2) is 71.9 Å². The number of hydrogen-bond acceptors (Lipinski definition) is 6. The molecule has 3 aromatic rings. The van der Waals surface area contributed by atoms with Crippen molar-refractivity contribution >= 4 is 17.2 Å². The first-order chi connectivity index (χ1) is 16.5. The zero-order valence-electron chi connectivity index (χ0n) is 18.9. The Labute approximate surface area is 197 Å². The third-order valence-corrected chi connectivity index (χ3v) is 6.49. The van der Waals surface area contributed by atoms with Gasteiger partial charge >= 0.3 is 0 Å². The minimum absolute atomic E-state index is 0.000565. The van der Waals surface area contributed by atoms with Crippen LogP contribution in [0.5, 0.6) is 17.2 Å². The second kappa shape index (κ2) is 8.74. The van der Waals surface area contributed by atoms with E-state index in [2.05, 4.69) is 10.6 Å². The zero-order chi connectivity index (χ0) is 23.8. The van der Waals surface area contributed by atoms with Crippen LogP contribution < -0.4 is 20.1 Å². The molecule has 6 nitrogen and oxygen atoms in total. The first-order valence-corrected chi connectivity index (χ1v) is 11.1. The van der Waals surface area contributed by atoms with Crippen molar-refractivity contribution in [1.29, 1.82) is 0 Å². The minimum atomic E-state index is -0.490. The highest BCUT2D eigenvalue weighted by molar-refractivity contribution is 6.01. The number of nitrogens with one attached hydrogen (secondary N) is 2. The van der Waals surface area contributed by atoms with Crippen LogP contribution in [0, 0.1) is 5.82 Å². The third-order valence-electron chi connectivity index (χ3n) is 6.49. The molecular formula is C27H25FN2O4. The molecule has 174 valence electrons. The Morgan fingerprint density at radius 3 is 2.21 bits per heavy atom. The number of anilines is 2. The van der Waals surface area contributed by atoms with Crippen LogP contribution in [0.1, 0.15) is 35.9 Å². The molecule has 1 aliphatic carbocycles. The van der Waals surface area contributed by atoms with Gasteiger partial charge in [0.25, 0.3) is 0 Å². The van der Waals surface area contributed by atoms with Crippen LogP contribution in [0.4, 0.5) is 15.8 Å². The number of Topliss-reactive ketones (excluding diaryl/α,β-unsaturated/α-hetero) is 1. The summed E-state index contributed by atoms with van der Waals surface area (Å²) < 4.78 is 24.2. The van der Waals surface area contributed by atoms with Crippen LogP contribution in [0.3, 0.4) is 0 Å². The number of hydrogen-bond donors (Lipinski definition) is 3. The molecule has 0 unspecified atom stereocenters. The van der Waals surface area contributed by atoms with Crippen molar-refractivity contribution in [2.75, 3.05) is 24.9 Å². The van der Waals surface area contributed by atoms with Crippen molar-refractivity contribution in [3.8, 4) is 17.2 Å². The Bertz CT molecular complexity index is 1260. The summed E-state index contributed by atoms with van der Waals surface area (Å²) in [4.78, 5) is 13.6. The first-order valence-electron chi connectivity index (χ1n) is 11.1. The number of phenols is 1. The van der Waals surface area contributed by atoms with Gasteiger partial charge in [0.1, 0.15) is 5.82 Å². The van der Waals surface area contributed by atoms with Crippen LogP contribution >= 0.6 is 0 Å². The van der Waals surface area contributed by atoms with E-state index in [4.69, 9.17) is 9.47 Å². The van der Waals surface area contributed by atoms with E-state index >= 15 is 0 Å². The van der Waals surface area contributed by atoms with E-state index in [0.717, 1.165) is 28.2 Å². The molecule has 1 heterocycles. The summed E-state index contributed by atoms with van der Waals surface area (Å²) in [6.45, 7) is 0. The molecule has 0 saturated carbocycles. The van der Waals surface area contributed by atoms with E-state index in [9.17, 15) is 14.3 Å². The van der Waals surface area contributed by atoms with Gasteiger partial charge < -0.3 is 25.2 Å². The standard InChI is InChI=1S/C27H25FN2O4/c1-33-23-13-17(14-24(34-2)27(23)32)26-25-21(29-19-5-3-4-6-20(19)30-26)11-16(12-22(25)31)15-7-9-18(28)10-8-15/h3-10,13-14,16,26,29-30,32H,11-12H2,1-2H3/t16-,26-/m1/s1. The maximum absolute atomic E-state index is 13.6. The van der Waals surface area contributed by atoms with E-state index < -0.39 is 6.04 Å². The van der Waals surface area contributed by atoms with Crippen molar-refractivity contribution in [2.24, 2.45) is 0 Å². The lowest BCUT2D eigenvalue weighted by Crippen LogP contribution is -2.27. The molecule has 3 N–H and O–H groups in total. The number of allylic oxidation sites excluding steroid dienone is 1.